The van der Waals surface area contributed by atoms with Crippen molar-refractivity contribution in [2.24, 2.45) is 0 Å². The van der Waals surface area contributed by atoms with Gasteiger partial charge in [0.25, 0.3) is 0 Å². The first kappa shape index (κ1) is 20.3. The molecule has 2 N–H and O–H groups in total. The molecule has 0 unspecified atom stereocenters. The number of hydrogen-bond acceptors (Lipinski definition) is 5. The first-order chi connectivity index (χ1) is 13.7. The molecular weight excluding hydrogens is 366 g/mol. The first-order valence-corrected chi connectivity index (χ1v) is 10.8. The van der Waals surface area contributed by atoms with Gasteiger partial charge in [0, 0.05) is 23.7 Å². The minimum atomic E-state index is 0.875. The number of nitrogens with one attached hydrogen (secondary N) is 2. The molecule has 0 atom stereocenters. The molecule has 0 amide bonds. The molecule has 1 aromatic carbocycles. The fourth-order valence-corrected chi connectivity index (χ4v) is 3.69. The van der Waals surface area contributed by atoms with E-state index in [9.17, 15) is 0 Å². The molecule has 0 spiro atoms. The summed E-state index contributed by atoms with van der Waals surface area (Å²) in [6.45, 7) is 11.7. The molecule has 0 bridgehead atoms. The number of thiazole rings is 1. The molecule has 4 rings (SSSR count). The monoisotopic (exact) mass is 395 g/mol. The topological polar surface area (TPSA) is 54.8 Å². The van der Waals surface area contributed by atoms with E-state index in [1.165, 1.54) is 31.5 Å². The summed E-state index contributed by atoms with van der Waals surface area (Å²) in [4.78, 5) is 4.66. The largest absolute Gasteiger partial charge is 0.384 e. The van der Waals surface area contributed by atoms with Crippen LogP contribution in [0.4, 0.5) is 0 Å². The van der Waals surface area contributed by atoms with Crippen LogP contribution in [-0.2, 0) is 0 Å². The molecule has 2 aromatic heterocycles. The van der Waals surface area contributed by atoms with Crippen LogP contribution in [0.25, 0.3) is 22.0 Å². The molecule has 0 aliphatic carbocycles. The third-order valence-electron chi connectivity index (χ3n) is 4.45. The van der Waals surface area contributed by atoms with Gasteiger partial charge in [0.15, 0.2) is 0 Å². The Hall–Kier alpha value is -2.44. The highest BCUT2D eigenvalue weighted by Crippen LogP contribution is 2.26. The number of aryl methyl sites for hydroxylation is 1. The molecule has 3 heterocycles. The third-order valence-corrected chi connectivity index (χ3v) is 5.35. The van der Waals surface area contributed by atoms with Crippen molar-refractivity contribution < 1.29 is 0 Å². The summed E-state index contributed by atoms with van der Waals surface area (Å²) in [6, 6.07) is 8.28. The minimum absolute atomic E-state index is 0.875. The summed E-state index contributed by atoms with van der Waals surface area (Å²) in [7, 11) is 0. The van der Waals surface area contributed by atoms with Crippen LogP contribution in [0.1, 0.15) is 37.4 Å². The van der Waals surface area contributed by atoms with Crippen molar-refractivity contribution in [2.75, 3.05) is 19.6 Å². The zero-order valence-corrected chi connectivity index (χ0v) is 17.6. The summed E-state index contributed by atoms with van der Waals surface area (Å²) in [5.41, 5.74) is 5.07. The van der Waals surface area contributed by atoms with E-state index in [1.807, 2.05) is 34.6 Å². The highest BCUT2D eigenvalue weighted by molar-refractivity contribution is 7.13. The highest BCUT2D eigenvalue weighted by atomic mass is 32.1. The summed E-state index contributed by atoms with van der Waals surface area (Å²) in [6.07, 6.45) is 7.71. The Bertz CT molecular complexity index is 884. The Morgan fingerprint density at radius 2 is 2.14 bits per heavy atom. The summed E-state index contributed by atoms with van der Waals surface area (Å²) < 4.78 is 1.88. The van der Waals surface area contributed by atoms with E-state index in [0.29, 0.717) is 0 Å². The lowest BCUT2D eigenvalue weighted by molar-refractivity contribution is 0.822. The fourth-order valence-electron chi connectivity index (χ4n) is 2.88. The van der Waals surface area contributed by atoms with Crippen LogP contribution in [0.5, 0.6) is 0 Å². The van der Waals surface area contributed by atoms with Crippen molar-refractivity contribution in [3.05, 3.63) is 59.9 Å². The number of benzene rings is 1. The van der Waals surface area contributed by atoms with Crippen LogP contribution >= 0.6 is 11.3 Å². The number of nitrogens with zero attached hydrogens (tertiary/aromatic N) is 3. The van der Waals surface area contributed by atoms with Gasteiger partial charge in [-0.1, -0.05) is 25.6 Å². The van der Waals surface area contributed by atoms with Crippen molar-refractivity contribution in [3.63, 3.8) is 0 Å². The molecule has 0 radical (unpaired) electrons. The van der Waals surface area contributed by atoms with Crippen LogP contribution in [0.2, 0.25) is 0 Å². The molecule has 5 nitrogen and oxygen atoms in total. The van der Waals surface area contributed by atoms with Gasteiger partial charge < -0.3 is 10.6 Å². The molecule has 3 aromatic rings. The van der Waals surface area contributed by atoms with Gasteiger partial charge in [0.2, 0.25) is 0 Å². The zero-order valence-electron chi connectivity index (χ0n) is 16.7. The molecular formula is C22H29N5S. The summed E-state index contributed by atoms with van der Waals surface area (Å²) in [5.74, 6) is 0. The maximum atomic E-state index is 4.66. The van der Waals surface area contributed by atoms with Gasteiger partial charge in [-0.25, -0.2) is 9.67 Å². The van der Waals surface area contributed by atoms with E-state index < -0.39 is 0 Å². The Morgan fingerprint density at radius 1 is 1.32 bits per heavy atom. The lowest BCUT2D eigenvalue weighted by Gasteiger charge is -2.04. The molecule has 6 heteroatoms. The molecule has 1 fully saturated rings. The number of rotatable bonds is 6. The Morgan fingerprint density at radius 3 is 2.82 bits per heavy atom. The zero-order chi connectivity index (χ0) is 19.8. The molecule has 1 aliphatic heterocycles. The predicted octanol–water partition coefficient (Wildman–Crippen LogP) is 4.64. The summed E-state index contributed by atoms with van der Waals surface area (Å²) >= 11 is 1.61. The van der Waals surface area contributed by atoms with Gasteiger partial charge in [-0.2, -0.15) is 5.10 Å². The molecule has 28 heavy (non-hydrogen) atoms. The highest BCUT2D eigenvalue weighted by Gasteiger charge is 2.10. The minimum Gasteiger partial charge on any atom is -0.384 e. The van der Waals surface area contributed by atoms with Crippen molar-refractivity contribution in [3.8, 4) is 16.3 Å². The third kappa shape index (κ3) is 5.53. The van der Waals surface area contributed by atoms with E-state index in [0.717, 1.165) is 40.6 Å². The normalized spacial score (nSPS) is 13.1. The summed E-state index contributed by atoms with van der Waals surface area (Å²) in [5, 5.41) is 13.9. The Balaban J connectivity index is 0.000000391. The smallest absolute Gasteiger partial charge is 0.127 e. The number of aromatic nitrogens is 3. The Labute approximate surface area is 171 Å². The van der Waals surface area contributed by atoms with Crippen molar-refractivity contribution in [2.45, 2.75) is 33.1 Å². The standard InChI is InChI=1S/C18H20N4S.C4H9N/c1-4-8-19-14(3)17-12-23-18(21-17)15-10-20-22(11-15)16-7-5-6-13(2)9-16;1-2-4-5-3-1/h5-7,9-12,19H,3-4,8H2,1-2H3;5H,1-4H2. The lowest BCUT2D eigenvalue weighted by atomic mass is 10.2. The second kappa shape index (κ2) is 10.2. The van der Waals surface area contributed by atoms with Gasteiger partial charge in [-0.3, -0.25) is 0 Å². The molecule has 0 saturated carbocycles. The van der Waals surface area contributed by atoms with Gasteiger partial charge in [-0.15, -0.1) is 11.3 Å². The predicted molar refractivity (Wildman–Crippen MR) is 119 cm³/mol. The van der Waals surface area contributed by atoms with Gasteiger partial charge in [0.05, 0.1) is 23.3 Å². The maximum Gasteiger partial charge on any atom is 0.127 e. The average molecular weight is 396 g/mol. The second-order valence-electron chi connectivity index (χ2n) is 6.91. The van der Waals surface area contributed by atoms with Crippen molar-refractivity contribution in [1.82, 2.24) is 25.4 Å². The first-order valence-electron chi connectivity index (χ1n) is 9.89. The van der Waals surface area contributed by atoms with E-state index >= 15 is 0 Å². The quantitative estimate of drug-likeness (QED) is 0.638. The van der Waals surface area contributed by atoms with Crippen LogP contribution in [0.15, 0.2) is 48.6 Å². The van der Waals surface area contributed by atoms with Gasteiger partial charge in [0.1, 0.15) is 5.01 Å². The number of hydrogen-bond donors (Lipinski definition) is 2. The molecule has 148 valence electrons. The van der Waals surface area contributed by atoms with E-state index in [2.05, 4.69) is 53.3 Å². The van der Waals surface area contributed by atoms with Crippen molar-refractivity contribution in [1.29, 1.82) is 0 Å². The van der Waals surface area contributed by atoms with E-state index in [1.54, 1.807) is 11.3 Å². The average Bonchev–Trinajstić information content (AvgIpc) is 3.48. The van der Waals surface area contributed by atoms with E-state index in [-0.39, 0.29) is 0 Å². The van der Waals surface area contributed by atoms with Crippen LogP contribution in [-0.4, -0.2) is 34.4 Å². The van der Waals surface area contributed by atoms with Crippen molar-refractivity contribution >= 4 is 17.0 Å². The van der Waals surface area contributed by atoms with Gasteiger partial charge >= 0.3 is 0 Å². The SMILES string of the molecule is C1CCNC1.C=C(NCCC)c1csc(-c2cnn(-c3cccc(C)c3)c2)n1. The molecule has 1 saturated heterocycles. The van der Waals surface area contributed by atoms with Crippen LogP contribution < -0.4 is 10.6 Å². The second-order valence-corrected chi connectivity index (χ2v) is 7.77. The lowest BCUT2D eigenvalue weighted by Crippen LogP contribution is -2.12. The van der Waals surface area contributed by atoms with Crippen LogP contribution in [0, 0.1) is 6.92 Å². The Kier molecular flexibility index (Phi) is 7.39. The van der Waals surface area contributed by atoms with E-state index in [4.69, 9.17) is 0 Å². The molecule has 1 aliphatic rings. The van der Waals surface area contributed by atoms with Gasteiger partial charge in [-0.05, 0) is 57.0 Å². The maximum absolute atomic E-state index is 4.66. The van der Waals surface area contributed by atoms with Crippen LogP contribution in [0.3, 0.4) is 0 Å². The fraction of sp³-hybridized carbons (Fsp3) is 0.364.